The summed E-state index contributed by atoms with van der Waals surface area (Å²) < 4.78 is 0. The van der Waals surface area contributed by atoms with Crippen LogP contribution in [0.2, 0.25) is 0 Å². The van der Waals surface area contributed by atoms with Crippen molar-refractivity contribution < 1.29 is 0 Å². The van der Waals surface area contributed by atoms with E-state index >= 15 is 0 Å². The van der Waals surface area contributed by atoms with Gasteiger partial charge in [-0.1, -0.05) is 12.2 Å². The quantitative estimate of drug-likeness (QED) is 0.364. The third-order valence-corrected chi connectivity index (χ3v) is 0.810. The molecule has 0 bridgehead atoms. The van der Waals surface area contributed by atoms with Gasteiger partial charge in [-0.3, -0.25) is 0 Å². The van der Waals surface area contributed by atoms with E-state index < -0.39 is 0 Å². The molecule has 0 aromatic heterocycles. The normalized spacial score (nSPS) is 7.60. The van der Waals surface area contributed by atoms with E-state index in [-0.39, 0.29) is 0 Å². The molecule has 0 radical (unpaired) electrons. The molecule has 0 heterocycles. The van der Waals surface area contributed by atoms with Gasteiger partial charge in [0, 0.05) is 5.75 Å². The van der Waals surface area contributed by atoms with Gasteiger partial charge in [0.15, 0.2) is 0 Å². The maximum Gasteiger partial charge on any atom is 0.0107 e. The molecule has 0 N–H and O–H groups in total. The van der Waals surface area contributed by atoms with Crippen molar-refractivity contribution in [3.05, 3.63) is 12.2 Å². The van der Waals surface area contributed by atoms with Crippen LogP contribution in [0.3, 0.4) is 0 Å². The summed E-state index contributed by atoms with van der Waals surface area (Å²) in [6, 6.07) is 0. The van der Waals surface area contributed by atoms with Crippen molar-refractivity contribution in [2.45, 2.75) is 6.92 Å². The van der Waals surface area contributed by atoms with Crippen LogP contribution >= 0.6 is 12.6 Å². The van der Waals surface area contributed by atoms with E-state index in [4.69, 9.17) is 0 Å². The zero-order valence-corrected chi connectivity index (χ0v) is 4.26. The Morgan fingerprint density at radius 1 is 2.00 bits per heavy atom. The third-order valence-electron chi connectivity index (χ3n) is 0.270. The highest BCUT2D eigenvalue weighted by Crippen LogP contribution is 1.85. The number of hydrogen-bond donors (Lipinski definition) is 1. The summed E-state index contributed by atoms with van der Waals surface area (Å²) in [5.74, 6) is 0.806. The Bertz CT molecular complexity index is 38.9. The lowest BCUT2D eigenvalue weighted by Crippen LogP contribution is -1.66. The molecule has 5 heavy (non-hydrogen) atoms. The Kier molecular flexibility index (Phi) is 2.38. The topological polar surface area (TPSA) is 0 Å². The maximum absolute atomic E-state index is 3.92. The SMILES string of the molecule is C=C(C)CS. The van der Waals surface area contributed by atoms with Crippen molar-refractivity contribution in [2.75, 3.05) is 5.75 Å². The summed E-state index contributed by atoms with van der Waals surface area (Å²) in [6.07, 6.45) is 0. The van der Waals surface area contributed by atoms with Crippen molar-refractivity contribution in [1.29, 1.82) is 0 Å². The molecular formula is C4H8S. The zero-order valence-electron chi connectivity index (χ0n) is 3.36. The number of rotatable bonds is 1. The van der Waals surface area contributed by atoms with Crippen LogP contribution < -0.4 is 0 Å². The first-order valence-corrected chi connectivity index (χ1v) is 2.16. The van der Waals surface area contributed by atoms with E-state index in [2.05, 4.69) is 19.2 Å². The molecule has 0 spiro atoms. The van der Waals surface area contributed by atoms with Crippen LogP contribution in [0, 0.1) is 0 Å². The molecule has 0 aromatic rings. The summed E-state index contributed by atoms with van der Waals surface area (Å²) in [5, 5.41) is 0. The van der Waals surface area contributed by atoms with Crippen LogP contribution in [-0.2, 0) is 0 Å². The number of hydrogen-bond acceptors (Lipinski definition) is 1. The highest BCUT2D eigenvalue weighted by molar-refractivity contribution is 7.80. The lowest BCUT2D eigenvalue weighted by Gasteiger charge is -1.79. The predicted molar refractivity (Wildman–Crippen MR) is 28.7 cm³/mol. The van der Waals surface area contributed by atoms with Gasteiger partial charge in [-0.2, -0.15) is 12.6 Å². The Morgan fingerprint density at radius 3 is 2.20 bits per heavy atom. The van der Waals surface area contributed by atoms with Crippen molar-refractivity contribution >= 4 is 12.6 Å². The minimum atomic E-state index is 0.806. The second-order valence-electron chi connectivity index (χ2n) is 1.12. The van der Waals surface area contributed by atoms with Crippen molar-refractivity contribution in [1.82, 2.24) is 0 Å². The van der Waals surface area contributed by atoms with Crippen LogP contribution in [-0.4, -0.2) is 5.75 Å². The molecule has 0 amide bonds. The van der Waals surface area contributed by atoms with Crippen molar-refractivity contribution in [2.24, 2.45) is 0 Å². The Labute approximate surface area is 38.3 Å². The fraction of sp³-hybridized carbons (Fsp3) is 0.500. The third kappa shape index (κ3) is 4.09. The van der Waals surface area contributed by atoms with Gasteiger partial charge in [-0.25, -0.2) is 0 Å². The fourth-order valence-corrected chi connectivity index (χ4v) is 0. The van der Waals surface area contributed by atoms with Crippen molar-refractivity contribution in [3.8, 4) is 0 Å². The average molecular weight is 88.2 g/mol. The molecule has 0 aliphatic heterocycles. The van der Waals surface area contributed by atoms with Gasteiger partial charge in [0.05, 0.1) is 0 Å². The van der Waals surface area contributed by atoms with E-state index in [0.717, 1.165) is 11.3 Å². The highest BCUT2D eigenvalue weighted by atomic mass is 32.1. The van der Waals surface area contributed by atoms with Crippen LogP contribution in [0.5, 0.6) is 0 Å². The first kappa shape index (κ1) is 5.09. The van der Waals surface area contributed by atoms with E-state index in [1.54, 1.807) is 0 Å². The van der Waals surface area contributed by atoms with E-state index in [1.807, 2.05) is 6.92 Å². The Balaban J connectivity index is 2.85. The van der Waals surface area contributed by atoms with Crippen molar-refractivity contribution in [3.63, 3.8) is 0 Å². The summed E-state index contributed by atoms with van der Waals surface area (Å²) in [4.78, 5) is 0. The minimum Gasteiger partial charge on any atom is -0.175 e. The second-order valence-corrected chi connectivity index (χ2v) is 1.43. The van der Waals surface area contributed by atoms with Gasteiger partial charge in [0.25, 0.3) is 0 Å². The van der Waals surface area contributed by atoms with Crippen LogP contribution in [0.1, 0.15) is 6.92 Å². The van der Waals surface area contributed by atoms with Crippen LogP contribution in [0.15, 0.2) is 12.2 Å². The second kappa shape index (κ2) is 2.33. The number of thiol groups is 1. The first-order chi connectivity index (χ1) is 2.27. The first-order valence-electron chi connectivity index (χ1n) is 1.52. The van der Waals surface area contributed by atoms with Gasteiger partial charge in [-0.15, -0.1) is 0 Å². The molecule has 1 heteroatoms. The molecule has 0 saturated carbocycles. The summed E-state index contributed by atoms with van der Waals surface area (Å²) in [7, 11) is 0. The molecule has 0 aliphatic rings. The van der Waals surface area contributed by atoms with Gasteiger partial charge < -0.3 is 0 Å². The van der Waals surface area contributed by atoms with Gasteiger partial charge in [-0.05, 0) is 6.92 Å². The van der Waals surface area contributed by atoms with Crippen LogP contribution in [0.25, 0.3) is 0 Å². The van der Waals surface area contributed by atoms with E-state index in [0.29, 0.717) is 0 Å². The van der Waals surface area contributed by atoms with E-state index in [1.165, 1.54) is 0 Å². The molecule has 30 valence electrons. The van der Waals surface area contributed by atoms with E-state index in [9.17, 15) is 0 Å². The van der Waals surface area contributed by atoms with Crippen LogP contribution in [0.4, 0.5) is 0 Å². The molecule has 0 aliphatic carbocycles. The molecule has 0 nitrogen and oxygen atoms in total. The highest BCUT2D eigenvalue weighted by Gasteiger charge is 1.68. The molecule has 0 unspecified atom stereocenters. The fourth-order valence-electron chi connectivity index (χ4n) is 0. The summed E-state index contributed by atoms with van der Waals surface area (Å²) in [5.41, 5.74) is 1.12. The summed E-state index contributed by atoms with van der Waals surface area (Å²) in [6.45, 7) is 5.55. The largest absolute Gasteiger partial charge is 0.175 e. The lowest BCUT2D eigenvalue weighted by molar-refractivity contribution is 1.45. The maximum atomic E-state index is 3.92. The smallest absolute Gasteiger partial charge is 0.0107 e. The molecule has 0 saturated heterocycles. The molecule has 0 atom stereocenters. The standard InChI is InChI=1S/C4H8S/c1-4(2)3-5/h5H,1,3H2,2H3. The molecule has 0 rings (SSSR count). The van der Waals surface area contributed by atoms with Gasteiger partial charge >= 0.3 is 0 Å². The Morgan fingerprint density at radius 2 is 2.20 bits per heavy atom. The summed E-state index contributed by atoms with van der Waals surface area (Å²) >= 11 is 3.92. The molecule has 0 fully saturated rings. The van der Waals surface area contributed by atoms with Gasteiger partial charge in [0.2, 0.25) is 0 Å². The minimum absolute atomic E-state index is 0.806. The van der Waals surface area contributed by atoms with Gasteiger partial charge in [0.1, 0.15) is 0 Å². The zero-order chi connectivity index (χ0) is 4.28. The monoisotopic (exact) mass is 88.0 g/mol. The molecule has 0 aromatic carbocycles. The molecular weight excluding hydrogens is 80.1 g/mol. The lowest BCUT2D eigenvalue weighted by atomic mass is 10.4. The Hall–Kier alpha value is 0.0900. The average Bonchev–Trinajstić information content (AvgIpc) is 1.38. The predicted octanol–water partition coefficient (Wildman–Crippen LogP) is 1.49.